The summed E-state index contributed by atoms with van der Waals surface area (Å²) in [6.45, 7) is 8.41. The maximum Gasteiger partial charge on any atom is 0.251 e. The Morgan fingerprint density at radius 3 is 2.70 bits per heavy atom. The van der Waals surface area contributed by atoms with Crippen molar-refractivity contribution in [1.29, 1.82) is 0 Å². The van der Waals surface area contributed by atoms with Crippen LogP contribution in [0, 0.1) is 5.92 Å². The molecule has 0 aliphatic rings. The van der Waals surface area contributed by atoms with Gasteiger partial charge in [0, 0.05) is 25.3 Å². The summed E-state index contributed by atoms with van der Waals surface area (Å²) in [4.78, 5) is 12.2. The third kappa shape index (κ3) is 6.67. The van der Waals surface area contributed by atoms with Gasteiger partial charge in [-0.3, -0.25) is 4.79 Å². The molecule has 0 saturated heterocycles. The van der Waals surface area contributed by atoms with Gasteiger partial charge in [-0.2, -0.15) is 0 Å². The van der Waals surface area contributed by atoms with Gasteiger partial charge in [0.25, 0.3) is 5.91 Å². The number of carbonyl (C=O) groups is 1. The number of ether oxygens (including phenoxy) is 3. The Hall–Kier alpha value is -1.46. The van der Waals surface area contributed by atoms with E-state index in [9.17, 15) is 4.79 Å². The second-order valence-electron chi connectivity index (χ2n) is 5.50. The first kappa shape index (κ1) is 19.6. The molecular formula is C17H26ClNO4. The van der Waals surface area contributed by atoms with Crippen LogP contribution < -0.4 is 14.8 Å². The molecule has 23 heavy (non-hydrogen) atoms. The van der Waals surface area contributed by atoms with Gasteiger partial charge in [-0.1, -0.05) is 25.4 Å². The minimum absolute atomic E-state index is 0.197. The highest BCUT2D eigenvalue weighted by atomic mass is 35.5. The zero-order chi connectivity index (χ0) is 17.2. The molecule has 0 fully saturated rings. The molecule has 5 nitrogen and oxygen atoms in total. The fourth-order valence-electron chi connectivity index (χ4n) is 1.86. The average Bonchev–Trinajstić information content (AvgIpc) is 2.52. The van der Waals surface area contributed by atoms with E-state index < -0.39 is 0 Å². The molecule has 0 spiro atoms. The summed E-state index contributed by atoms with van der Waals surface area (Å²) in [5.41, 5.74) is 0.445. The van der Waals surface area contributed by atoms with E-state index >= 15 is 0 Å². The monoisotopic (exact) mass is 343 g/mol. The number of methoxy groups -OCH3 is 1. The lowest BCUT2D eigenvalue weighted by atomic mass is 10.1. The lowest BCUT2D eigenvalue weighted by molar-refractivity contribution is 0.0944. The Bertz CT molecular complexity index is 506. The summed E-state index contributed by atoms with van der Waals surface area (Å²) >= 11 is 6.24. The molecule has 1 aromatic carbocycles. The van der Waals surface area contributed by atoms with E-state index in [1.54, 1.807) is 12.1 Å². The van der Waals surface area contributed by atoms with Crippen LogP contribution in [0.4, 0.5) is 0 Å². The Morgan fingerprint density at radius 1 is 1.35 bits per heavy atom. The topological polar surface area (TPSA) is 56.8 Å². The SMILES string of the molecule is CCOCCCNC(=O)c1cc(Cl)c(OCC(C)C)c(OC)c1. The van der Waals surface area contributed by atoms with Crippen LogP contribution >= 0.6 is 11.6 Å². The molecule has 1 amide bonds. The highest BCUT2D eigenvalue weighted by Crippen LogP contribution is 2.36. The molecule has 1 aromatic rings. The Kier molecular flexibility index (Phi) is 8.81. The quantitative estimate of drug-likeness (QED) is 0.660. The summed E-state index contributed by atoms with van der Waals surface area (Å²) < 4.78 is 16.2. The molecule has 0 radical (unpaired) electrons. The third-order valence-corrected chi connectivity index (χ3v) is 3.29. The summed E-state index contributed by atoms with van der Waals surface area (Å²) in [5.74, 6) is 1.09. The van der Waals surface area contributed by atoms with Crippen molar-refractivity contribution >= 4 is 17.5 Å². The van der Waals surface area contributed by atoms with Crippen molar-refractivity contribution in [2.45, 2.75) is 27.2 Å². The van der Waals surface area contributed by atoms with Crippen molar-refractivity contribution in [2.75, 3.05) is 33.5 Å². The normalized spacial score (nSPS) is 10.7. The molecule has 0 saturated carbocycles. The van der Waals surface area contributed by atoms with E-state index in [4.69, 9.17) is 25.8 Å². The van der Waals surface area contributed by atoms with Crippen LogP contribution in [0.2, 0.25) is 5.02 Å². The number of halogens is 1. The van der Waals surface area contributed by atoms with Gasteiger partial charge in [0.15, 0.2) is 11.5 Å². The van der Waals surface area contributed by atoms with E-state index in [0.29, 0.717) is 54.4 Å². The fourth-order valence-corrected chi connectivity index (χ4v) is 2.13. The second kappa shape index (κ2) is 10.3. The molecule has 130 valence electrons. The number of rotatable bonds is 10. The van der Waals surface area contributed by atoms with Gasteiger partial charge in [0.2, 0.25) is 0 Å². The van der Waals surface area contributed by atoms with E-state index in [2.05, 4.69) is 5.32 Å². The smallest absolute Gasteiger partial charge is 0.251 e. The van der Waals surface area contributed by atoms with E-state index in [-0.39, 0.29) is 5.91 Å². The van der Waals surface area contributed by atoms with Crippen LogP contribution in [-0.4, -0.2) is 39.4 Å². The van der Waals surface area contributed by atoms with Gasteiger partial charge in [-0.15, -0.1) is 0 Å². The van der Waals surface area contributed by atoms with Crippen molar-refractivity contribution in [3.63, 3.8) is 0 Å². The second-order valence-corrected chi connectivity index (χ2v) is 5.91. The number of hydrogen-bond acceptors (Lipinski definition) is 4. The fraction of sp³-hybridized carbons (Fsp3) is 0.588. The summed E-state index contributed by atoms with van der Waals surface area (Å²) in [6, 6.07) is 3.23. The van der Waals surface area contributed by atoms with Gasteiger partial charge in [0.05, 0.1) is 18.7 Å². The largest absolute Gasteiger partial charge is 0.493 e. The standard InChI is InChI=1S/C17H26ClNO4/c1-5-22-8-6-7-19-17(20)13-9-14(18)16(15(10-13)21-4)23-11-12(2)3/h9-10,12H,5-8,11H2,1-4H3,(H,19,20). The molecule has 6 heteroatoms. The predicted octanol–water partition coefficient (Wildman–Crippen LogP) is 3.54. The van der Waals surface area contributed by atoms with Crippen molar-refractivity contribution in [3.8, 4) is 11.5 Å². The van der Waals surface area contributed by atoms with E-state index in [1.165, 1.54) is 7.11 Å². The number of amides is 1. The van der Waals surface area contributed by atoms with Crippen molar-refractivity contribution in [1.82, 2.24) is 5.32 Å². The summed E-state index contributed by atoms with van der Waals surface area (Å²) in [6.07, 6.45) is 0.764. The Balaban J connectivity index is 2.72. The minimum Gasteiger partial charge on any atom is -0.493 e. The molecule has 0 aromatic heterocycles. The van der Waals surface area contributed by atoms with Crippen molar-refractivity contribution < 1.29 is 19.0 Å². The van der Waals surface area contributed by atoms with Crippen LogP contribution in [0.25, 0.3) is 0 Å². The molecule has 1 rings (SSSR count). The van der Waals surface area contributed by atoms with Gasteiger partial charge < -0.3 is 19.5 Å². The first-order valence-corrected chi connectivity index (χ1v) is 8.23. The van der Waals surface area contributed by atoms with Gasteiger partial charge in [-0.25, -0.2) is 0 Å². The van der Waals surface area contributed by atoms with Crippen molar-refractivity contribution in [3.05, 3.63) is 22.7 Å². The summed E-state index contributed by atoms with van der Waals surface area (Å²) in [7, 11) is 1.53. The lowest BCUT2D eigenvalue weighted by Gasteiger charge is -2.15. The van der Waals surface area contributed by atoms with Gasteiger partial charge in [0.1, 0.15) is 0 Å². The predicted molar refractivity (Wildman–Crippen MR) is 91.8 cm³/mol. The molecule has 0 aliphatic carbocycles. The van der Waals surface area contributed by atoms with Crippen LogP contribution in [0.5, 0.6) is 11.5 Å². The Morgan fingerprint density at radius 2 is 2.09 bits per heavy atom. The van der Waals surface area contributed by atoms with Crippen LogP contribution in [-0.2, 0) is 4.74 Å². The number of benzene rings is 1. The maximum absolute atomic E-state index is 12.2. The molecular weight excluding hydrogens is 318 g/mol. The molecule has 0 aliphatic heterocycles. The Labute approximate surface area is 143 Å². The van der Waals surface area contributed by atoms with E-state index in [1.807, 2.05) is 20.8 Å². The zero-order valence-corrected chi connectivity index (χ0v) is 15.0. The minimum atomic E-state index is -0.197. The average molecular weight is 344 g/mol. The molecule has 0 bridgehead atoms. The summed E-state index contributed by atoms with van der Waals surface area (Å²) in [5, 5.41) is 3.20. The third-order valence-electron chi connectivity index (χ3n) is 3.01. The highest BCUT2D eigenvalue weighted by Gasteiger charge is 2.16. The number of hydrogen-bond donors (Lipinski definition) is 1. The first-order valence-electron chi connectivity index (χ1n) is 7.85. The first-order chi connectivity index (χ1) is 11.0. The van der Waals surface area contributed by atoms with Crippen LogP contribution in [0.3, 0.4) is 0 Å². The van der Waals surface area contributed by atoms with Crippen LogP contribution in [0.15, 0.2) is 12.1 Å². The zero-order valence-electron chi connectivity index (χ0n) is 14.3. The molecule has 1 N–H and O–H groups in total. The maximum atomic E-state index is 12.2. The molecule has 0 heterocycles. The highest BCUT2D eigenvalue weighted by molar-refractivity contribution is 6.32. The van der Waals surface area contributed by atoms with Crippen LogP contribution in [0.1, 0.15) is 37.6 Å². The molecule has 0 unspecified atom stereocenters. The molecule has 0 atom stereocenters. The number of nitrogens with one attached hydrogen (secondary N) is 1. The van der Waals surface area contributed by atoms with E-state index in [0.717, 1.165) is 6.42 Å². The van der Waals surface area contributed by atoms with Gasteiger partial charge in [-0.05, 0) is 31.4 Å². The lowest BCUT2D eigenvalue weighted by Crippen LogP contribution is -2.25. The van der Waals surface area contributed by atoms with Gasteiger partial charge >= 0.3 is 0 Å². The number of carbonyl (C=O) groups excluding carboxylic acids is 1. The van der Waals surface area contributed by atoms with Crippen molar-refractivity contribution in [2.24, 2.45) is 5.92 Å².